The highest BCUT2D eigenvalue weighted by atomic mass is 127. The fourth-order valence-corrected chi connectivity index (χ4v) is 8.75. The predicted octanol–water partition coefficient (Wildman–Crippen LogP) is 5.82. The van der Waals surface area contributed by atoms with E-state index in [4.69, 9.17) is 4.43 Å². The van der Waals surface area contributed by atoms with Gasteiger partial charge in [0, 0.05) is 10.7 Å². The minimum Gasteiger partial charge on any atom is -0.416 e. The lowest BCUT2D eigenvalue weighted by Crippen LogP contribution is -2.42. The maximum Gasteiger partial charge on any atom is 0.202 e. The van der Waals surface area contributed by atoms with Crippen molar-refractivity contribution in [2.24, 2.45) is 0 Å². The van der Waals surface area contributed by atoms with Gasteiger partial charge in [0.05, 0.1) is 0 Å². The van der Waals surface area contributed by atoms with Gasteiger partial charge in [-0.15, -0.1) is 0 Å². The molecule has 0 aliphatic carbocycles. The highest BCUT2D eigenvalue weighted by Gasteiger charge is 2.33. The van der Waals surface area contributed by atoms with E-state index in [1.165, 1.54) is 27.3 Å². The maximum absolute atomic E-state index is 6.50. The van der Waals surface area contributed by atoms with Gasteiger partial charge in [0.1, 0.15) is 0 Å². The highest BCUT2D eigenvalue weighted by Crippen LogP contribution is 2.25. The Morgan fingerprint density at radius 2 is 1.30 bits per heavy atom. The van der Waals surface area contributed by atoms with Crippen molar-refractivity contribution in [1.29, 1.82) is 0 Å². The summed E-state index contributed by atoms with van der Waals surface area (Å²) >= 11 is 2.56. The average molecular weight is 438 g/mol. The molecule has 0 saturated carbocycles. The Kier molecular flexibility index (Phi) is 8.34. The quantitative estimate of drug-likeness (QED) is 0.258. The third kappa shape index (κ3) is 6.40. The molecule has 2 aromatic rings. The Balaban J connectivity index is 2.01. The van der Waals surface area contributed by atoms with Crippen LogP contribution in [-0.4, -0.2) is 19.0 Å². The van der Waals surface area contributed by atoms with E-state index >= 15 is 0 Å². The number of alkyl halides is 1. The van der Waals surface area contributed by atoms with E-state index in [1.54, 1.807) is 0 Å². The number of rotatable bonds is 10. The Labute approximate surface area is 155 Å². The van der Waals surface area contributed by atoms with Gasteiger partial charge in [-0.3, -0.25) is 0 Å². The van der Waals surface area contributed by atoms with Gasteiger partial charge in [0.15, 0.2) is 0 Å². The number of halogens is 1. The van der Waals surface area contributed by atoms with Crippen molar-refractivity contribution in [3.05, 3.63) is 71.8 Å². The van der Waals surface area contributed by atoms with Gasteiger partial charge in [-0.05, 0) is 42.5 Å². The summed E-state index contributed by atoms with van der Waals surface area (Å²) in [5.74, 6) is 0. The van der Waals surface area contributed by atoms with Crippen LogP contribution < -0.4 is 0 Å². The second kappa shape index (κ2) is 10.3. The standard InChI is InChI=1S/C20H27IOSi/c1-2-15-22-23(18-21,16-13-19-9-5-3-6-10-19)17-14-20-11-7-4-8-12-20/h3-12H,2,13-18H2,1H3. The minimum atomic E-state index is -1.67. The summed E-state index contributed by atoms with van der Waals surface area (Å²) in [6, 6.07) is 24.2. The molecule has 124 valence electrons. The van der Waals surface area contributed by atoms with Gasteiger partial charge >= 0.3 is 0 Å². The summed E-state index contributed by atoms with van der Waals surface area (Å²) in [5.41, 5.74) is 2.88. The summed E-state index contributed by atoms with van der Waals surface area (Å²) in [4.78, 5) is 0. The van der Waals surface area contributed by atoms with Gasteiger partial charge in [-0.2, -0.15) is 0 Å². The molecule has 0 unspecified atom stereocenters. The average Bonchev–Trinajstić information content (AvgIpc) is 2.63. The van der Waals surface area contributed by atoms with Crippen molar-refractivity contribution >= 4 is 30.9 Å². The van der Waals surface area contributed by atoms with Crippen molar-refractivity contribution in [3.63, 3.8) is 0 Å². The SMILES string of the molecule is CCCO[Si](CI)(CCc1ccccc1)CCc1ccccc1. The van der Waals surface area contributed by atoms with Crippen LogP contribution >= 0.6 is 22.6 Å². The van der Waals surface area contributed by atoms with Crippen LogP contribution in [0.5, 0.6) is 0 Å². The molecule has 1 nitrogen and oxygen atoms in total. The maximum atomic E-state index is 6.50. The number of hydrogen-bond donors (Lipinski definition) is 0. The molecular formula is C20H27IOSi. The van der Waals surface area contributed by atoms with Crippen LogP contribution in [0.25, 0.3) is 0 Å². The summed E-state index contributed by atoms with van der Waals surface area (Å²) < 4.78 is 7.69. The molecular weight excluding hydrogens is 411 g/mol. The monoisotopic (exact) mass is 438 g/mol. The fourth-order valence-electron chi connectivity index (χ4n) is 2.79. The van der Waals surface area contributed by atoms with Crippen molar-refractivity contribution in [2.75, 3.05) is 10.7 Å². The molecule has 0 atom stereocenters. The van der Waals surface area contributed by atoms with Crippen molar-refractivity contribution < 1.29 is 4.43 Å². The molecule has 23 heavy (non-hydrogen) atoms. The van der Waals surface area contributed by atoms with Crippen LogP contribution in [0.2, 0.25) is 12.1 Å². The summed E-state index contributed by atoms with van der Waals surface area (Å²) in [5, 5.41) is 0. The van der Waals surface area contributed by atoms with Crippen LogP contribution in [0.15, 0.2) is 60.7 Å². The second-order valence-electron chi connectivity index (χ2n) is 6.14. The molecule has 0 aliphatic rings. The van der Waals surface area contributed by atoms with Gasteiger partial charge in [0.2, 0.25) is 8.32 Å². The zero-order chi connectivity index (χ0) is 16.4. The molecule has 0 amide bonds. The third-order valence-corrected chi connectivity index (χ3v) is 12.1. The van der Waals surface area contributed by atoms with E-state index in [1.807, 2.05) is 0 Å². The Morgan fingerprint density at radius 3 is 1.70 bits per heavy atom. The summed E-state index contributed by atoms with van der Waals surface area (Å²) in [6.07, 6.45) is 3.41. The molecule has 0 heterocycles. The zero-order valence-electron chi connectivity index (χ0n) is 14.0. The molecule has 0 saturated heterocycles. The normalized spacial score (nSPS) is 11.6. The fraction of sp³-hybridized carbons (Fsp3) is 0.400. The lowest BCUT2D eigenvalue weighted by atomic mass is 10.2. The molecule has 2 aromatic carbocycles. The molecule has 0 fully saturated rings. The molecule has 2 rings (SSSR count). The third-order valence-electron chi connectivity index (χ3n) is 4.28. The molecule has 0 bridgehead atoms. The Hall–Kier alpha value is -0.653. The molecule has 0 spiro atoms. The van der Waals surface area contributed by atoms with Crippen molar-refractivity contribution in [1.82, 2.24) is 0 Å². The number of benzene rings is 2. The largest absolute Gasteiger partial charge is 0.416 e. The molecule has 3 heteroatoms. The van der Waals surface area contributed by atoms with E-state index in [9.17, 15) is 0 Å². The lowest BCUT2D eigenvalue weighted by molar-refractivity contribution is 0.301. The van der Waals surface area contributed by atoms with E-state index in [2.05, 4.69) is 90.2 Å². The van der Waals surface area contributed by atoms with Crippen LogP contribution in [-0.2, 0) is 17.3 Å². The van der Waals surface area contributed by atoms with Crippen LogP contribution in [0.4, 0.5) is 0 Å². The van der Waals surface area contributed by atoms with Crippen LogP contribution in [0.1, 0.15) is 24.5 Å². The topological polar surface area (TPSA) is 9.23 Å². The van der Waals surface area contributed by atoms with Crippen LogP contribution in [0.3, 0.4) is 0 Å². The lowest BCUT2D eigenvalue weighted by Gasteiger charge is -2.30. The first-order valence-electron chi connectivity index (χ1n) is 8.56. The zero-order valence-corrected chi connectivity index (χ0v) is 17.2. The number of aryl methyl sites for hydroxylation is 2. The van der Waals surface area contributed by atoms with E-state index in [0.717, 1.165) is 25.9 Å². The van der Waals surface area contributed by atoms with Gasteiger partial charge in [0.25, 0.3) is 0 Å². The summed E-state index contributed by atoms with van der Waals surface area (Å²) in [6.45, 7) is 3.12. The van der Waals surface area contributed by atoms with Crippen molar-refractivity contribution in [2.45, 2.75) is 38.3 Å². The molecule has 0 aromatic heterocycles. The summed E-state index contributed by atoms with van der Waals surface area (Å²) in [7, 11) is -1.67. The first kappa shape index (κ1) is 18.7. The van der Waals surface area contributed by atoms with Crippen molar-refractivity contribution in [3.8, 4) is 0 Å². The molecule has 0 N–H and O–H groups in total. The first-order chi connectivity index (χ1) is 11.3. The number of hydrogen-bond acceptors (Lipinski definition) is 1. The van der Waals surface area contributed by atoms with E-state index < -0.39 is 8.32 Å². The molecule has 0 aliphatic heterocycles. The minimum absolute atomic E-state index is 0.915. The Morgan fingerprint density at radius 1 is 0.826 bits per heavy atom. The second-order valence-corrected chi connectivity index (χ2v) is 12.3. The first-order valence-corrected chi connectivity index (χ1v) is 12.6. The smallest absolute Gasteiger partial charge is 0.202 e. The van der Waals surface area contributed by atoms with Gasteiger partial charge in [-0.1, -0.05) is 90.2 Å². The van der Waals surface area contributed by atoms with E-state index in [-0.39, 0.29) is 0 Å². The Bertz CT molecular complexity index is 501. The van der Waals surface area contributed by atoms with Gasteiger partial charge in [-0.25, -0.2) is 0 Å². The van der Waals surface area contributed by atoms with Gasteiger partial charge < -0.3 is 4.43 Å². The van der Waals surface area contributed by atoms with Crippen LogP contribution in [0, 0.1) is 0 Å². The molecule has 0 radical (unpaired) electrons. The van der Waals surface area contributed by atoms with E-state index in [0.29, 0.717) is 0 Å². The predicted molar refractivity (Wildman–Crippen MR) is 111 cm³/mol. The highest BCUT2D eigenvalue weighted by molar-refractivity contribution is 14.1.